The van der Waals surface area contributed by atoms with Crippen LogP contribution in [0, 0.1) is 0 Å². The van der Waals surface area contributed by atoms with Crippen molar-refractivity contribution in [3.63, 3.8) is 0 Å². The molecule has 2 aromatic carbocycles. The van der Waals surface area contributed by atoms with Crippen LogP contribution in [0.4, 0.5) is 0 Å². The standard InChI is InChI=1S/C19H22N2O3/c22-19(18-13-20-10-11-23-18)21-12-16-8-4-5-9-17(16)24-14-15-6-2-1-3-7-15/h1-9,18,20H,10-14H2,(H,21,22). The second-order valence-corrected chi connectivity index (χ2v) is 5.66. The summed E-state index contributed by atoms with van der Waals surface area (Å²) in [6.45, 7) is 2.83. The Kier molecular flexibility index (Phi) is 5.82. The summed E-state index contributed by atoms with van der Waals surface area (Å²) in [5.41, 5.74) is 2.06. The number of rotatable bonds is 6. The van der Waals surface area contributed by atoms with E-state index < -0.39 is 6.10 Å². The van der Waals surface area contributed by atoms with Gasteiger partial charge in [-0.25, -0.2) is 0 Å². The topological polar surface area (TPSA) is 59.6 Å². The Bertz CT molecular complexity index is 655. The molecule has 0 aliphatic carbocycles. The van der Waals surface area contributed by atoms with Crippen molar-refractivity contribution in [2.75, 3.05) is 19.7 Å². The molecule has 0 bridgehead atoms. The highest BCUT2D eigenvalue weighted by molar-refractivity contribution is 5.81. The number of hydrogen-bond acceptors (Lipinski definition) is 4. The number of amides is 1. The molecule has 0 radical (unpaired) electrons. The molecule has 0 aromatic heterocycles. The van der Waals surface area contributed by atoms with Crippen molar-refractivity contribution in [2.24, 2.45) is 0 Å². The first-order valence-corrected chi connectivity index (χ1v) is 8.17. The summed E-state index contributed by atoms with van der Waals surface area (Å²) in [5, 5.41) is 6.08. The number of carbonyl (C=O) groups is 1. The third-order valence-corrected chi connectivity index (χ3v) is 3.88. The monoisotopic (exact) mass is 326 g/mol. The molecule has 1 amide bonds. The molecule has 1 fully saturated rings. The first-order chi connectivity index (χ1) is 11.8. The average Bonchev–Trinajstić information content (AvgIpc) is 2.66. The van der Waals surface area contributed by atoms with Crippen LogP contribution in [0.25, 0.3) is 0 Å². The van der Waals surface area contributed by atoms with Gasteiger partial charge in [0.2, 0.25) is 0 Å². The molecule has 1 aliphatic heterocycles. The molecule has 126 valence electrons. The van der Waals surface area contributed by atoms with E-state index in [4.69, 9.17) is 9.47 Å². The molecule has 24 heavy (non-hydrogen) atoms. The highest BCUT2D eigenvalue weighted by atomic mass is 16.5. The lowest BCUT2D eigenvalue weighted by Crippen LogP contribution is -2.47. The maximum Gasteiger partial charge on any atom is 0.250 e. The van der Waals surface area contributed by atoms with Gasteiger partial charge in [-0.3, -0.25) is 4.79 Å². The summed E-state index contributed by atoms with van der Waals surface area (Å²) in [5.74, 6) is 0.685. The van der Waals surface area contributed by atoms with Crippen LogP contribution in [0.1, 0.15) is 11.1 Å². The van der Waals surface area contributed by atoms with Gasteiger partial charge in [-0.15, -0.1) is 0 Å². The molecule has 1 heterocycles. The van der Waals surface area contributed by atoms with Gasteiger partial charge >= 0.3 is 0 Å². The zero-order valence-corrected chi connectivity index (χ0v) is 13.5. The van der Waals surface area contributed by atoms with Gasteiger partial charge in [0.05, 0.1) is 6.61 Å². The van der Waals surface area contributed by atoms with Gasteiger partial charge in [0, 0.05) is 25.2 Å². The van der Waals surface area contributed by atoms with Crippen LogP contribution < -0.4 is 15.4 Å². The SMILES string of the molecule is O=C(NCc1ccccc1OCc1ccccc1)C1CNCCO1. The molecular formula is C19H22N2O3. The predicted octanol–water partition coefficient (Wildman–Crippen LogP) is 1.87. The Morgan fingerprint density at radius 1 is 1.17 bits per heavy atom. The lowest BCUT2D eigenvalue weighted by atomic mass is 10.2. The van der Waals surface area contributed by atoms with Gasteiger partial charge in [0.25, 0.3) is 5.91 Å². The van der Waals surface area contributed by atoms with E-state index >= 15 is 0 Å². The summed E-state index contributed by atoms with van der Waals surface area (Å²) < 4.78 is 11.4. The van der Waals surface area contributed by atoms with Gasteiger partial charge in [-0.2, -0.15) is 0 Å². The molecule has 1 aliphatic rings. The zero-order chi connectivity index (χ0) is 16.6. The molecule has 2 N–H and O–H groups in total. The molecule has 1 unspecified atom stereocenters. The van der Waals surface area contributed by atoms with E-state index in [1.807, 2.05) is 54.6 Å². The Hall–Kier alpha value is -2.37. The van der Waals surface area contributed by atoms with E-state index in [1.54, 1.807) is 0 Å². The number of nitrogens with one attached hydrogen (secondary N) is 2. The van der Waals surface area contributed by atoms with Crippen LogP contribution in [0.15, 0.2) is 54.6 Å². The minimum Gasteiger partial charge on any atom is -0.489 e. The van der Waals surface area contributed by atoms with Crippen LogP contribution in [-0.4, -0.2) is 31.7 Å². The molecule has 0 spiro atoms. The van der Waals surface area contributed by atoms with Crippen molar-refractivity contribution in [1.82, 2.24) is 10.6 Å². The summed E-state index contributed by atoms with van der Waals surface area (Å²) in [4.78, 5) is 12.1. The molecule has 3 rings (SSSR count). The smallest absolute Gasteiger partial charge is 0.250 e. The summed E-state index contributed by atoms with van der Waals surface area (Å²) >= 11 is 0. The second kappa shape index (κ2) is 8.47. The molecule has 0 saturated carbocycles. The van der Waals surface area contributed by atoms with Crippen LogP contribution >= 0.6 is 0 Å². The van der Waals surface area contributed by atoms with Crippen molar-refractivity contribution < 1.29 is 14.3 Å². The van der Waals surface area contributed by atoms with Gasteiger partial charge < -0.3 is 20.1 Å². The number of ether oxygens (including phenoxy) is 2. The van der Waals surface area contributed by atoms with E-state index in [-0.39, 0.29) is 5.91 Å². The normalized spacial score (nSPS) is 17.2. The van der Waals surface area contributed by atoms with E-state index in [2.05, 4.69) is 10.6 Å². The minimum atomic E-state index is -0.420. The van der Waals surface area contributed by atoms with Crippen molar-refractivity contribution in [1.29, 1.82) is 0 Å². The van der Waals surface area contributed by atoms with Crippen LogP contribution in [0.5, 0.6) is 5.75 Å². The van der Waals surface area contributed by atoms with Gasteiger partial charge in [-0.05, 0) is 11.6 Å². The van der Waals surface area contributed by atoms with E-state index in [1.165, 1.54) is 0 Å². The Balaban J connectivity index is 1.56. The van der Waals surface area contributed by atoms with Crippen LogP contribution in [-0.2, 0) is 22.7 Å². The quantitative estimate of drug-likeness (QED) is 0.851. The number of morpholine rings is 1. The number of hydrogen-bond donors (Lipinski definition) is 2. The molecule has 5 heteroatoms. The average molecular weight is 326 g/mol. The zero-order valence-electron chi connectivity index (χ0n) is 13.5. The number of carbonyl (C=O) groups excluding carboxylic acids is 1. The van der Waals surface area contributed by atoms with Crippen LogP contribution in [0.2, 0.25) is 0 Å². The van der Waals surface area contributed by atoms with E-state index in [9.17, 15) is 4.79 Å². The predicted molar refractivity (Wildman–Crippen MR) is 91.7 cm³/mol. The summed E-state index contributed by atoms with van der Waals surface area (Å²) in [6.07, 6.45) is -0.420. The largest absolute Gasteiger partial charge is 0.489 e. The van der Waals surface area contributed by atoms with Crippen molar-refractivity contribution in [3.05, 3.63) is 65.7 Å². The lowest BCUT2D eigenvalue weighted by molar-refractivity contribution is -0.134. The molecule has 5 nitrogen and oxygen atoms in total. The van der Waals surface area contributed by atoms with Gasteiger partial charge in [0.15, 0.2) is 0 Å². The van der Waals surface area contributed by atoms with Gasteiger partial charge in [-0.1, -0.05) is 48.5 Å². The van der Waals surface area contributed by atoms with Crippen molar-refractivity contribution in [3.8, 4) is 5.75 Å². The number of benzene rings is 2. The Morgan fingerprint density at radius 3 is 2.75 bits per heavy atom. The Morgan fingerprint density at radius 2 is 1.96 bits per heavy atom. The summed E-state index contributed by atoms with van der Waals surface area (Å²) in [6, 6.07) is 17.8. The maximum absolute atomic E-state index is 12.1. The highest BCUT2D eigenvalue weighted by Crippen LogP contribution is 2.19. The lowest BCUT2D eigenvalue weighted by Gasteiger charge is -2.23. The van der Waals surface area contributed by atoms with Gasteiger partial charge in [0.1, 0.15) is 18.5 Å². The third-order valence-electron chi connectivity index (χ3n) is 3.88. The third kappa shape index (κ3) is 4.57. The number of para-hydroxylation sites is 1. The first kappa shape index (κ1) is 16.5. The fourth-order valence-corrected chi connectivity index (χ4v) is 2.56. The second-order valence-electron chi connectivity index (χ2n) is 5.66. The maximum atomic E-state index is 12.1. The minimum absolute atomic E-state index is 0.0972. The highest BCUT2D eigenvalue weighted by Gasteiger charge is 2.21. The molecule has 1 atom stereocenters. The Labute approximate surface area is 142 Å². The molecular weight excluding hydrogens is 304 g/mol. The fourth-order valence-electron chi connectivity index (χ4n) is 2.56. The van der Waals surface area contributed by atoms with Crippen molar-refractivity contribution in [2.45, 2.75) is 19.3 Å². The van der Waals surface area contributed by atoms with E-state index in [0.717, 1.165) is 23.4 Å². The summed E-state index contributed by atoms with van der Waals surface area (Å²) in [7, 11) is 0. The van der Waals surface area contributed by atoms with Crippen LogP contribution in [0.3, 0.4) is 0 Å². The molecule has 2 aromatic rings. The van der Waals surface area contributed by atoms with Crippen molar-refractivity contribution >= 4 is 5.91 Å². The molecule has 1 saturated heterocycles. The first-order valence-electron chi connectivity index (χ1n) is 8.17. The van der Waals surface area contributed by atoms with E-state index in [0.29, 0.717) is 26.3 Å². The fraction of sp³-hybridized carbons (Fsp3) is 0.316.